The number of rotatable bonds is 5. The number of benzene rings is 1. The van der Waals surface area contributed by atoms with Crippen molar-refractivity contribution in [2.24, 2.45) is 0 Å². The highest BCUT2D eigenvalue weighted by Crippen LogP contribution is 2.19. The van der Waals surface area contributed by atoms with E-state index in [2.05, 4.69) is 15.9 Å². The molecule has 3 nitrogen and oxygen atoms in total. The quantitative estimate of drug-likeness (QED) is 0.619. The van der Waals surface area contributed by atoms with Gasteiger partial charge in [-0.05, 0) is 11.1 Å². The van der Waals surface area contributed by atoms with E-state index < -0.39 is 5.97 Å². The Morgan fingerprint density at radius 1 is 1.35 bits per heavy atom. The van der Waals surface area contributed by atoms with Crippen molar-refractivity contribution >= 4 is 39.3 Å². The second-order valence-electron chi connectivity index (χ2n) is 3.43. The van der Waals surface area contributed by atoms with E-state index in [0.717, 1.165) is 5.56 Å². The molecule has 0 aromatic heterocycles. The number of hydrogen-bond acceptors (Lipinski definition) is 3. The minimum Gasteiger partial charge on any atom is -0.465 e. The van der Waals surface area contributed by atoms with Crippen LogP contribution < -0.4 is 0 Å². The highest BCUT2D eigenvalue weighted by Gasteiger charge is 2.17. The number of methoxy groups -OCH3 is 1. The first kappa shape index (κ1) is 14.2. The Balaban J connectivity index is 3.19. The number of ether oxygens (including phenoxy) is 1. The van der Waals surface area contributed by atoms with Gasteiger partial charge in [-0.2, -0.15) is 0 Å². The van der Waals surface area contributed by atoms with Crippen molar-refractivity contribution in [2.45, 2.75) is 11.8 Å². The van der Waals surface area contributed by atoms with Crippen LogP contribution in [0.4, 0.5) is 0 Å². The predicted octanol–water partition coefficient (Wildman–Crippen LogP) is 2.72. The third kappa shape index (κ3) is 3.54. The van der Waals surface area contributed by atoms with E-state index in [1.54, 1.807) is 12.1 Å². The maximum atomic E-state index is 11.7. The van der Waals surface area contributed by atoms with Gasteiger partial charge in [-0.3, -0.25) is 4.79 Å². The van der Waals surface area contributed by atoms with Crippen molar-refractivity contribution in [3.05, 3.63) is 34.9 Å². The van der Waals surface area contributed by atoms with Crippen LogP contribution in [-0.4, -0.2) is 24.7 Å². The number of esters is 1. The molecule has 0 bridgehead atoms. The van der Waals surface area contributed by atoms with Gasteiger partial charge in [-0.25, -0.2) is 4.79 Å². The first-order valence-corrected chi connectivity index (χ1v) is 6.62. The van der Waals surface area contributed by atoms with Gasteiger partial charge in [-0.15, -0.1) is 11.6 Å². The van der Waals surface area contributed by atoms with Crippen molar-refractivity contribution in [1.82, 2.24) is 0 Å². The lowest BCUT2D eigenvalue weighted by Crippen LogP contribution is -2.13. The van der Waals surface area contributed by atoms with E-state index in [1.807, 2.05) is 6.07 Å². The zero-order chi connectivity index (χ0) is 12.8. The first-order valence-electron chi connectivity index (χ1n) is 4.96. The van der Waals surface area contributed by atoms with Gasteiger partial charge in [0.25, 0.3) is 0 Å². The van der Waals surface area contributed by atoms with E-state index in [9.17, 15) is 9.59 Å². The lowest BCUT2D eigenvalue weighted by molar-refractivity contribution is -0.116. The molecule has 0 spiro atoms. The largest absolute Gasteiger partial charge is 0.465 e. The Kier molecular flexibility index (Phi) is 5.65. The van der Waals surface area contributed by atoms with Gasteiger partial charge < -0.3 is 4.74 Å². The Morgan fingerprint density at radius 3 is 2.53 bits per heavy atom. The summed E-state index contributed by atoms with van der Waals surface area (Å²) in [5.41, 5.74) is 1.90. The molecule has 0 aliphatic rings. The van der Waals surface area contributed by atoms with E-state index in [1.165, 1.54) is 7.11 Å². The number of ketones is 1. The van der Waals surface area contributed by atoms with E-state index >= 15 is 0 Å². The minimum absolute atomic E-state index is 0.0564. The van der Waals surface area contributed by atoms with E-state index in [-0.39, 0.29) is 18.1 Å². The summed E-state index contributed by atoms with van der Waals surface area (Å²) in [6.07, 6.45) is 0.148. The van der Waals surface area contributed by atoms with Crippen molar-refractivity contribution in [2.75, 3.05) is 13.0 Å². The summed E-state index contributed by atoms with van der Waals surface area (Å²) in [5.74, 6) is -0.611. The first-order chi connectivity index (χ1) is 8.13. The van der Waals surface area contributed by atoms with Crippen LogP contribution in [0, 0.1) is 0 Å². The molecule has 0 heterocycles. The number of carbonyl (C=O) groups is 2. The van der Waals surface area contributed by atoms with Crippen molar-refractivity contribution in [3.63, 3.8) is 0 Å². The Morgan fingerprint density at radius 2 is 2.00 bits per heavy atom. The van der Waals surface area contributed by atoms with E-state index in [0.29, 0.717) is 16.5 Å². The lowest BCUT2D eigenvalue weighted by atomic mass is 9.98. The highest BCUT2D eigenvalue weighted by atomic mass is 79.9. The normalized spacial score (nSPS) is 10.1. The molecule has 0 unspecified atom stereocenters. The summed E-state index contributed by atoms with van der Waals surface area (Å²) in [7, 11) is 1.32. The average Bonchev–Trinajstić information content (AvgIpc) is 2.37. The molecule has 0 radical (unpaired) electrons. The number of carbonyl (C=O) groups excluding carboxylic acids is 2. The van der Waals surface area contributed by atoms with Crippen LogP contribution in [0.2, 0.25) is 0 Å². The molecule has 5 heteroatoms. The van der Waals surface area contributed by atoms with Crippen molar-refractivity contribution < 1.29 is 14.3 Å². The fourth-order valence-corrected chi connectivity index (χ4v) is 2.10. The maximum absolute atomic E-state index is 11.7. The molecule has 1 aromatic rings. The van der Waals surface area contributed by atoms with Crippen LogP contribution in [0.15, 0.2) is 18.2 Å². The van der Waals surface area contributed by atoms with Crippen LogP contribution in [0.3, 0.4) is 0 Å². The van der Waals surface area contributed by atoms with Gasteiger partial charge >= 0.3 is 5.97 Å². The molecule has 1 aromatic carbocycles. The van der Waals surface area contributed by atoms with Gasteiger partial charge in [0.2, 0.25) is 0 Å². The van der Waals surface area contributed by atoms with Crippen LogP contribution in [0.25, 0.3) is 0 Å². The minimum atomic E-state index is -0.433. The second-order valence-corrected chi connectivity index (χ2v) is 4.25. The summed E-state index contributed by atoms with van der Waals surface area (Å²) >= 11 is 8.77. The van der Waals surface area contributed by atoms with Gasteiger partial charge in [0.15, 0.2) is 5.78 Å². The number of Topliss-reactive ketones (excluding diaryl/α,β-unsaturated/α-hetero) is 1. The smallest absolute Gasteiger partial charge is 0.338 e. The topological polar surface area (TPSA) is 43.4 Å². The Labute approximate surface area is 113 Å². The molecule has 0 atom stereocenters. The predicted molar refractivity (Wildman–Crippen MR) is 69.8 cm³/mol. The zero-order valence-corrected chi connectivity index (χ0v) is 11.7. The van der Waals surface area contributed by atoms with Crippen LogP contribution in [-0.2, 0) is 21.3 Å². The van der Waals surface area contributed by atoms with Gasteiger partial charge in [0, 0.05) is 11.8 Å². The molecule has 0 aliphatic heterocycles. The molecule has 0 N–H and O–H groups in total. The molecular weight excluding hydrogens is 307 g/mol. The van der Waals surface area contributed by atoms with Crippen molar-refractivity contribution in [1.29, 1.82) is 0 Å². The maximum Gasteiger partial charge on any atom is 0.338 e. The van der Waals surface area contributed by atoms with Gasteiger partial charge in [0.05, 0.1) is 18.6 Å². The molecule has 0 saturated carbocycles. The molecule has 0 aliphatic carbocycles. The second kappa shape index (κ2) is 6.77. The molecular formula is C12H12BrClO3. The van der Waals surface area contributed by atoms with Gasteiger partial charge in [0.1, 0.15) is 0 Å². The number of halogens is 2. The standard InChI is InChI=1S/C12H12BrClO3/c1-17-12(16)11-8(5-10(15)7-14)3-2-4-9(11)6-13/h2-4H,5-7H2,1H3. The van der Waals surface area contributed by atoms with Crippen molar-refractivity contribution in [3.8, 4) is 0 Å². The summed E-state index contributed by atoms with van der Waals surface area (Å²) in [5, 5.41) is 0.528. The zero-order valence-electron chi connectivity index (χ0n) is 9.33. The fraction of sp³-hybridized carbons (Fsp3) is 0.333. The molecule has 92 valence electrons. The summed E-state index contributed by atoms with van der Waals surface area (Å²) < 4.78 is 4.73. The third-order valence-electron chi connectivity index (χ3n) is 2.31. The summed E-state index contributed by atoms with van der Waals surface area (Å²) in [4.78, 5) is 23.0. The number of hydrogen-bond donors (Lipinski definition) is 0. The molecule has 17 heavy (non-hydrogen) atoms. The van der Waals surface area contributed by atoms with Crippen LogP contribution in [0.5, 0.6) is 0 Å². The Hall–Kier alpha value is -0.870. The lowest BCUT2D eigenvalue weighted by Gasteiger charge is -2.10. The molecule has 0 fully saturated rings. The highest BCUT2D eigenvalue weighted by molar-refractivity contribution is 9.08. The van der Waals surface area contributed by atoms with Gasteiger partial charge in [-0.1, -0.05) is 34.1 Å². The van der Waals surface area contributed by atoms with Crippen LogP contribution >= 0.6 is 27.5 Å². The summed E-state index contributed by atoms with van der Waals surface area (Å²) in [6, 6.07) is 5.36. The third-order valence-corrected chi connectivity index (χ3v) is 3.21. The van der Waals surface area contributed by atoms with E-state index in [4.69, 9.17) is 16.3 Å². The Bertz CT molecular complexity index is 432. The average molecular weight is 320 g/mol. The number of alkyl halides is 2. The fourth-order valence-electron chi connectivity index (χ4n) is 1.54. The van der Waals surface area contributed by atoms with Crippen LogP contribution in [0.1, 0.15) is 21.5 Å². The molecule has 0 amide bonds. The summed E-state index contributed by atoms with van der Waals surface area (Å²) in [6.45, 7) is 0. The SMILES string of the molecule is COC(=O)c1c(CBr)cccc1CC(=O)CCl. The molecule has 1 rings (SSSR count). The monoisotopic (exact) mass is 318 g/mol. The molecule has 0 saturated heterocycles.